The maximum absolute atomic E-state index is 11.4. The van der Waals surface area contributed by atoms with Crippen molar-refractivity contribution in [2.24, 2.45) is 0 Å². The first-order valence-corrected chi connectivity index (χ1v) is 17.3. The Morgan fingerprint density at radius 3 is 1.71 bits per heavy atom. The van der Waals surface area contributed by atoms with E-state index in [1.807, 2.05) is 81.2 Å². The van der Waals surface area contributed by atoms with Gasteiger partial charge in [-0.1, -0.05) is 56.0 Å². The maximum atomic E-state index is 11.4. The van der Waals surface area contributed by atoms with E-state index in [9.17, 15) is 9.59 Å². The standard InChI is InChI=1S/C12H23NO2S2.C8H14O2S2.C4H11NO/c1-13(2)8-9-15-12(14)6-4-3-5-11-7-10-16-17-11;9-8(10)4-2-1-3-7-5-6-11-12-7;1-5(2)3-4-6/h11H,3-10H2,1-2H3;7H,1-6H2,(H,9,10);6H,3-4H2,1-2H3/t11-;7-;/m11./s1. The molecule has 0 aromatic carbocycles. The van der Waals surface area contributed by atoms with Crippen LogP contribution in [0, 0.1) is 0 Å². The molecule has 0 aromatic heterocycles. The van der Waals surface area contributed by atoms with Gasteiger partial charge in [-0.25, -0.2) is 0 Å². The molecular weight excluding hydrogens is 525 g/mol. The van der Waals surface area contributed by atoms with E-state index in [1.54, 1.807) is 0 Å². The molecule has 2 rings (SSSR count). The summed E-state index contributed by atoms with van der Waals surface area (Å²) in [6.07, 6.45) is 10.1. The molecule has 11 heteroatoms. The molecule has 7 nitrogen and oxygen atoms in total. The average Bonchev–Trinajstić information content (AvgIpc) is 3.49. The highest BCUT2D eigenvalue weighted by atomic mass is 33.1. The molecule has 0 unspecified atom stereocenters. The molecule has 2 atom stereocenters. The molecule has 0 bridgehead atoms. The highest BCUT2D eigenvalue weighted by Gasteiger charge is 2.16. The molecular formula is C24H48N2O5S4. The predicted molar refractivity (Wildman–Crippen MR) is 157 cm³/mol. The number of hydrogen-bond acceptors (Lipinski definition) is 10. The van der Waals surface area contributed by atoms with E-state index in [-0.39, 0.29) is 12.6 Å². The van der Waals surface area contributed by atoms with Crippen LogP contribution in [0.5, 0.6) is 0 Å². The smallest absolute Gasteiger partial charge is 0.305 e. The van der Waals surface area contributed by atoms with Crippen LogP contribution < -0.4 is 0 Å². The first-order valence-electron chi connectivity index (χ1n) is 12.6. The second kappa shape index (κ2) is 24.6. The van der Waals surface area contributed by atoms with Crippen LogP contribution in [0.2, 0.25) is 0 Å². The number of aliphatic carboxylic acids is 1. The quantitative estimate of drug-likeness (QED) is 0.155. The molecule has 208 valence electrons. The van der Waals surface area contributed by atoms with E-state index in [1.165, 1.54) is 37.2 Å². The number of esters is 1. The third-order valence-electron chi connectivity index (χ3n) is 5.13. The first kappa shape index (κ1) is 35.2. The Morgan fingerprint density at radius 2 is 1.34 bits per heavy atom. The highest BCUT2D eigenvalue weighted by molar-refractivity contribution is 8.77. The van der Waals surface area contributed by atoms with Crippen LogP contribution in [0.1, 0.15) is 64.2 Å². The second-order valence-electron chi connectivity index (χ2n) is 9.09. The summed E-state index contributed by atoms with van der Waals surface area (Å²) in [5, 5.41) is 18.2. The molecule has 0 saturated carbocycles. The Morgan fingerprint density at radius 1 is 0.829 bits per heavy atom. The zero-order chi connectivity index (χ0) is 26.3. The lowest BCUT2D eigenvalue weighted by molar-refractivity contribution is -0.144. The lowest BCUT2D eigenvalue weighted by Gasteiger charge is -2.10. The number of rotatable bonds is 15. The van der Waals surface area contributed by atoms with Gasteiger partial charge in [-0.2, -0.15) is 0 Å². The second-order valence-corrected chi connectivity index (χ2v) is 14.7. The summed E-state index contributed by atoms with van der Waals surface area (Å²) in [5.74, 6) is 1.86. The van der Waals surface area contributed by atoms with E-state index in [0.29, 0.717) is 19.4 Å². The monoisotopic (exact) mass is 572 g/mol. The van der Waals surface area contributed by atoms with Crippen LogP contribution >= 0.6 is 43.2 Å². The van der Waals surface area contributed by atoms with Crippen LogP contribution in [0.15, 0.2) is 0 Å². The fourth-order valence-corrected chi connectivity index (χ4v) is 9.09. The molecule has 0 aliphatic carbocycles. The summed E-state index contributed by atoms with van der Waals surface area (Å²) < 4.78 is 5.13. The number of unbranched alkanes of at least 4 members (excludes halogenated alkanes) is 2. The first-order chi connectivity index (χ1) is 16.7. The minimum Gasteiger partial charge on any atom is -0.481 e. The third-order valence-corrected chi connectivity index (χ3v) is 11.1. The van der Waals surface area contributed by atoms with Crippen molar-refractivity contribution in [1.82, 2.24) is 9.80 Å². The molecule has 0 radical (unpaired) electrons. The summed E-state index contributed by atoms with van der Waals surface area (Å²) in [7, 11) is 15.7. The molecule has 0 spiro atoms. The van der Waals surface area contributed by atoms with Crippen molar-refractivity contribution in [3.05, 3.63) is 0 Å². The fourth-order valence-electron chi connectivity index (χ4n) is 3.03. The molecule has 2 aliphatic rings. The Bertz CT molecular complexity index is 518. The number of likely N-dealkylation sites (N-methyl/N-ethyl adjacent to an activating group) is 2. The van der Waals surface area contributed by atoms with Gasteiger partial charge >= 0.3 is 11.9 Å². The number of hydrogen-bond donors (Lipinski definition) is 2. The minimum atomic E-state index is -0.663. The SMILES string of the molecule is CN(C)CCO.CN(C)CCOC(=O)CCCC[C@@H]1CCSS1.O=C(O)CCCC[C@@H]1CCSS1. The Kier molecular flexibility index (Phi) is 24.7. The number of carboxylic acids is 1. The molecule has 35 heavy (non-hydrogen) atoms. The molecule has 2 fully saturated rings. The van der Waals surface area contributed by atoms with Crippen LogP contribution in [-0.4, -0.2) is 108 Å². The van der Waals surface area contributed by atoms with Gasteiger partial charge in [0.2, 0.25) is 0 Å². The molecule has 2 saturated heterocycles. The zero-order valence-electron chi connectivity index (χ0n) is 22.1. The van der Waals surface area contributed by atoms with Crippen molar-refractivity contribution in [3.63, 3.8) is 0 Å². The van der Waals surface area contributed by atoms with Gasteiger partial charge in [0, 0.05) is 47.9 Å². The number of carbonyl (C=O) groups is 2. The number of nitrogens with zero attached hydrogens (tertiary/aromatic N) is 2. The normalized spacial score (nSPS) is 19.2. The predicted octanol–water partition coefficient (Wildman–Crippen LogP) is 5.13. The Labute approximate surface area is 229 Å². The van der Waals surface area contributed by atoms with Gasteiger partial charge in [-0.05, 0) is 66.7 Å². The number of ether oxygens (including phenoxy) is 1. The Balaban J connectivity index is 0.000000557. The number of aliphatic hydroxyl groups excluding tert-OH is 1. The van der Waals surface area contributed by atoms with Crippen molar-refractivity contribution in [2.45, 2.75) is 74.7 Å². The van der Waals surface area contributed by atoms with Gasteiger partial charge in [0.1, 0.15) is 6.61 Å². The zero-order valence-corrected chi connectivity index (χ0v) is 25.4. The fraction of sp³-hybridized carbons (Fsp3) is 0.917. The lowest BCUT2D eigenvalue weighted by Crippen LogP contribution is -2.20. The lowest BCUT2D eigenvalue weighted by atomic mass is 10.1. The summed E-state index contributed by atoms with van der Waals surface area (Å²) in [4.78, 5) is 25.5. The highest BCUT2D eigenvalue weighted by Crippen LogP contribution is 2.40. The summed E-state index contributed by atoms with van der Waals surface area (Å²) >= 11 is 0. The van der Waals surface area contributed by atoms with Crippen molar-refractivity contribution >= 4 is 55.1 Å². The van der Waals surface area contributed by atoms with E-state index >= 15 is 0 Å². The topological polar surface area (TPSA) is 90.3 Å². The van der Waals surface area contributed by atoms with Gasteiger partial charge in [-0.3, -0.25) is 9.59 Å². The minimum absolute atomic E-state index is 0.0414. The molecule has 0 aromatic rings. The summed E-state index contributed by atoms with van der Waals surface area (Å²) in [5.41, 5.74) is 0. The summed E-state index contributed by atoms with van der Waals surface area (Å²) in [6.45, 7) is 2.34. The number of aliphatic hydroxyl groups is 1. The Hall–Kier alpha value is 0.220. The van der Waals surface area contributed by atoms with Crippen LogP contribution in [0.25, 0.3) is 0 Å². The molecule has 2 heterocycles. The van der Waals surface area contributed by atoms with Crippen LogP contribution in [0.4, 0.5) is 0 Å². The number of carboxylic acid groups (broad SMARTS) is 1. The van der Waals surface area contributed by atoms with Gasteiger partial charge in [0.05, 0.1) is 6.61 Å². The van der Waals surface area contributed by atoms with Gasteiger partial charge in [0.15, 0.2) is 0 Å². The van der Waals surface area contributed by atoms with Gasteiger partial charge < -0.3 is 24.7 Å². The van der Waals surface area contributed by atoms with Crippen molar-refractivity contribution in [3.8, 4) is 0 Å². The van der Waals surface area contributed by atoms with Crippen LogP contribution in [-0.2, 0) is 14.3 Å². The van der Waals surface area contributed by atoms with Gasteiger partial charge in [-0.15, -0.1) is 0 Å². The molecule has 0 amide bonds. The van der Waals surface area contributed by atoms with Crippen molar-refractivity contribution < 1.29 is 24.5 Å². The number of carbonyl (C=O) groups excluding carboxylic acids is 1. The van der Waals surface area contributed by atoms with E-state index in [2.05, 4.69) is 0 Å². The summed E-state index contributed by atoms with van der Waals surface area (Å²) in [6, 6.07) is 0. The van der Waals surface area contributed by atoms with E-state index in [4.69, 9.17) is 14.9 Å². The van der Waals surface area contributed by atoms with Crippen molar-refractivity contribution in [1.29, 1.82) is 0 Å². The largest absolute Gasteiger partial charge is 0.481 e. The van der Waals surface area contributed by atoms with E-state index in [0.717, 1.165) is 49.3 Å². The maximum Gasteiger partial charge on any atom is 0.305 e. The molecule has 2 aliphatic heterocycles. The van der Waals surface area contributed by atoms with E-state index < -0.39 is 5.97 Å². The van der Waals surface area contributed by atoms with Crippen molar-refractivity contribution in [2.75, 3.05) is 66.0 Å². The van der Waals surface area contributed by atoms with Gasteiger partial charge in [0.25, 0.3) is 0 Å². The molecule has 2 N–H and O–H groups in total. The third kappa shape index (κ3) is 25.6. The van der Waals surface area contributed by atoms with Crippen LogP contribution in [0.3, 0.4) is 0 Å². The average molecular weight is 573 g/mol.